The second kappa shape index (κ2) is 11.2. The third-order valence-corrected chi connectivity index (χ3v) is 10.5. The van der Waals surface area contributed by atoms with E-state index >= 15 is 0 Å². The molecule has 0 saturated carbocycles. The molecule has 3 heterocycles. The Labute approximate surface area is 299 Å². The molecule has 3 aromatic heterocycles. The summed E-state index contributed by atoms with van der Waals surface area (Å²) in [5.74, 6) is 0.661. The van der Waals surface area contributed by atoms with Crippen LogP contribution >= 0.6 is 0 Å². The molecule has 11 rings (SSSR count). The van der Waals surface area contributed by atoms with Crippen LogP contribution in [-0.2, 0) is 0 Å². The van der Waals surface area contributed by atoms with Crippen molar-refractivity contribution in [2.75, 3.05) is 0 Å². The average molecular weight is 663 g/mol. The summed E-state index contributed by atoms with van der Waals surface area (Å²) in [5.41, 5.74) is 11.0. The van der Waals surface area contributed by atoms with E-state index in [2.05, 4.69) is 179 Å². The maximum absolute atomic E-state index is 5.32. The molecule has 4 heteroatoms. The molecule has 0 bridgehead atoms. The molecule has 11 aromatic rings. The number of para-hydroxylation sites is 3. The van der Waals surface area contributed by atoms with Gasteiger partial charge < -0.3 is 4.57 Å². The summed E-state index contributed by atoms with van der Waals surface area (Å²) in [6.07, 6.45) is 0. The lowest BCUT2D eigenvalue weighted by Crippen LogP contribution is -2.03. The number of rotatable bonds is 4. The van der Waals surface area contributed by atoms with E-state index in [4.69, 9.17) is 9.97 Å². The Morgan fingerprint density at radius 1 is 0.346 bits per heavy atom. The zero-order valence-electron chi connectivity index (χ0n) is 28.1. The van der Waals surface area contributed by atoms with Crippen molar-refractivity contribution in [3.8, 4) is 34.0 Å². The smallest absolute Gasteiger partial charge is 0.235 e. The lowest BCUT2D eigenvalue weighted by atomic mass is 9.99. The topological polar surface area (TPSA) is 35.6 Å². The predicted octanol–water partition coefficient (Wildman–Crippen LogP) is 12.3. The Morgan fingerprint density at radius 2 is 0.981 bits per heavy atom. The first kappa shape index (κ1) is 28.8. The number of fused-ring (bicyclic) bond motifs is 9. The maximum Gasteiger partial charge on any atom is 0.235 e. The number of aromatic nitrogens is 4. The molecule has 0 aliphatic carbocycles. The molecular formula is C48H30N4. The average Bonchev–Trinajstić information content (AvgIpc) is 3.73. The molecule has 0 N–H and O–H groups in total. The van der Waals surface area contributed by atoms with E-state index in [0.717, 1.165) is 44.4 Å². The highest BCUT2D eigenvalue weighted by Gasteiger charge is 2.20. The van der Waals surface area contributed by atoms with Gasteiger partial charge in [-0.1, -0.05) is 133 Å². The van der Waals surface area contributed by atoms with Crippen molar-refractivity contribution in [3.63, 3.8) is 0 Å². The van der Waals surface area contributed by atoms with Gasteiger partial charge in [0.2, 0.25) is 5.95 Å². The third kappa shape index (κ3) is 4.28. The Hall–Kier alpha value is -7.04. The second-order valence-electron chi connectivity index (χ2n) is 13.4. The van der Waals surface area contributed by atoms with Crippen molar-refractivity contribution in [3.05, 3.63) is 182 Å². The van der Waals surface area contributed by atoms with Crippen LogP contribution in [0.1, 0.15) is 0 Å². The van der Waals surface area contributed by atoms with Gasteiger partial charge in [0.15, 0.2) is 0 Å². The first-order valence-electron chi connectivity index (χ1n) is 17.7. The van der Waals surface area contributed by atoms with Crippen molar-refractivity contribution in [1.29, 1.82) is 0 Å². The minimum Gasteiger partial charge on any atom is -0.309 e. The van der Waals surface area contributed by atoms with E-state index in [0.29, 0.717) is 5.95 Å². The van der Waals surface area contributed by atoms with Crippen LogP contribution in [0.5, 0.6) is 0 Å². The molecular weight excluding hydrogens is 633 g/mol. The molecule has 0 spiro atoms. The molecule has 0 aliphatic rings. The van der Waals surface area contributed by atoms with Crippen molar-refractivity contribution in [2.45, 2.75) is 0 Å². The zero-order valence-corrected chi connectivity index (χ0v) is 28.1. The van der Waals surface area contributed by atoms with Gasteiger partial charge in [0.05, 0.1) is 33.3 Å². The summed E-state index contributed by atoms with van der Waals surface area (Å²) in [4.78, 5) is 10.5. The molecule has 0 aliphatic heterocycles. The van der Waals surface area contributed by atoms with Crippen LogP contribution in [0.3, 0.4) is 0 Å². The van der Waals surface area contributed by atoms with E-state index in [1.54, 1.807) is 0 Å². The van der Waals surface area contributed by atoms with Crippen LogP contribution in [0.2, 0.25) is 0 Å². The summed E-state index contributed by atoms with van der Waals surface area (Å²) in [6, 6.07) is 64.9. The molecule has 4 nitrogen and oxygen atoms in total. The predicted molar refractivity (Wildman–Crippen MR) is 217 cm³/mol. The first-order valence-corrected chi connectivity index (χ1v) is 17.7. The number of hydrogen-bond donors (Lipinski definition) is 0. The van der Waals surface area contributed by atoms with Crippen LogP contribution in [-0.4, -0.2) is 19.1 Å². The molecule has 0 unspecified atom stereocenters. The standard InChI is InChI=1S/C48H30N4/c1-3-14-32(15-4-1)47-39-20-9-11-21-41(39)49-48(50-47)52-43-27-25-33(29-40(43)46-36-18-8-7-13-31(36)24-28-44(46)52)34-23-26-38-37-19-10-12-22-42(37)51(45(38)30-34)35-16-5-2-6-17-35/h1-30H. The number of nitrogens with zero attached hydrogens (tertiary/aromatic N) is 4. The van der Waals surface area contributed by atoms with E-state index in [-0.39, 0.29) is 0 Å². The van der Waals surface area contributed by atoms with Crippen molar-refractivity contribution in [2.24, 2.45) is 0 Å². The van der Waals surface area contributed by atoms with Crippen molar-refractivity contribution in [1.82, 2.24) is 19.1 Å². The minimum absolute atomic E-state index is 0.661. The molecule has 0 radical (unpaired) electrons. The quantitative estimate of drug-likeness (QED) is 0.188. The fraction of sp³-hybridized carbons (Fsp3) is 0. The van der Waals surface area contributed by atoms with E-state index < -0.39 is 0 Å². The van der Waals surface area contributed by atoms with Crippen molar-refractivity contribution >= 4 is 65.3 Å². The molecule has 0 amide bonds. The van der Waals surface area contributed by atoms with Crippen molar-refractivity contribution < 1.29 is 0 Å². The fourth-order valence-corrected chi connectivity index (χ4v) is 8.17. The highest BCUT2D eigenvalue weighted by Crippen LogP contribution is 2.40. The summed E-state index contributed by atoms with van der Waals surface area (Å²) in [5, 5.41) is 8.33. The Kier molecular flexibility index (Phi) is 6.22. The number of benzene rings is 8. The summed E-state index contributed by atoms with van der Waals surface area (Å²) in [7, 11) is 0. The Bertz CT molecular complexity index is 3170. The largest absolute Gasteiger partial charge is 0.309 e. The Balaban J connectivity index is 1.19. The fourth-order valence-electron chi connectivity index (χ4n) is 8.17. The van der Waals surface area contributed by atoms with Crippen LogP contribution in [0.15, 0.2) is 182 Å². The minimum atomic E-state index is 0.661. The Morgan fingerprint density at radius 3 is 1.85 bits per heavy atom. The summed E-state index contributed by atoms with van der Waals surface area (Å²) < 4.78 is 4.63. The molecule has 0 saturated heterocycles. The second-order valence-corrected chi connectivity index (χ2v) is 13.4. The van der Waals surface area contributed by atoms with Gasteiger partial charge in [-0.05, 0) is 70.4 Å². The molecule has 0 atom stereocenters. The highest BCUT2D eigenvalue weighted by molar-refractivity contribution is 6.22. The zero-order chi connectivity index (χ0) is 34.2. The summed E-state index contributed by atoms with van der Waals surface area (Å²) >= 11 is 0. The van der Waals surface area contributed by atoms with Crippen LogP contribution in [0.4, 0.5) is 0 Å². The van der Waals surface area contributed by atoms with Gasteiger partial charge in [-0.2, -0.15) is 0 Å². The molecule has 8 aromatic carbocycles. The number of hydrogen-bond acceptors (Lipinski definition) is 2. The van der Waals surface area contributed by atoms with Crippen LogP contribution in [0.25, 0.3) is 99.3 Å². The van der Waals surface area contributed by atoms with E-state index in [1.807, 2.05) is 12.1 Å². The molecule has 242 valence electrons. The monoisotopic (exact) mass is 662 g/mol. The van der Waals surface area contributed by atoms with Gasteiger partial charge in [0.25, 0.3) is 0 Å². The van der Waals surface area contributed by atoms with Gasteiger partial charge in [-0.3, -0.25) is 4.57 Å². The first-order chi connectivity index (χ1) is 25.8. The normalized spacial score (nSPS) is 11.8. The van der Waals surface area contributed by atoms with E-state index in [1.165, 1.54) is 48.9 Å². The lowest BCUT2D eigenvalue weighted by molar-refractivity contribution is 1.01. The SMILES string of the molecule is c1ccc(-c2nc(-n3c4ccc(-c5ccc6c7ccccc7n(-c7ccccc7)c6c5)cc4c4c5ccccc5ccc43)nc3ccccc23)cc1. The van der Waals surface area contributed by atoms with Crippen LogP contribution < -0.4 is 0 Å². The molecule has 52 heavy (non-hydrogen) atoms. The van der Waals surface area contributed by atoms with Gasteiger partial charge >= 0.3 is 0 Å². The van der Waals surface area contributed by atoms with Gasteiger partial charge in [-0.15, -0.1) is 0 Å². The molecule has 0 fully saturated rings. The third-order valence-electron chi connectivity index (χ3n) is 10.5. The summed E-state index contributed by atoms with van der Waals surface area (Å²) in [6.45, 7) is 0. The van der Waals surface area contributed by atoms with Gasteiger partial charge in [0, 0.05) is 38.2 Å². The highest BCUT2D eigenvalue weighted by atomic mass is 15.2. The van der Waals surface area contributed by atoms with Crippen LogP contribution in [0, 0.1) is 0 Å². The van der Waals surface area contributed by atoms with E-state index in [9.17, 15) is 0 Å². The van der Waals surface area contributed by atoms with Gasteiger partial charge in [0.1, 0.15) is 0 Å². The maximum atomic E-state index is 5.32. The lowest BCUT2D eigenvalue weighted by Gasteiger charge is -2.12. The van der Waals surface area contributed by atoms with Gasteiger partial charge in [-0.25, -0.2) is 9.97 Å².